The summed E-state index contributed by atoms with van der Waals surface area (Å²) in [6.07, 6.45) is 41.3. The Kier molecular flexibility index (Phi) is 148. The minimum atomic E-state index is 0.550. The highest BCUT2D eigenvalue weighted by molar-refractivity contribution is 4.59. The highest BCUT2D eigenvalue weighted by Gasteiger charge is 2.07. The summed E-state index contributed by atoms with van der Waals surface area (Å²) in [4.78, 5) is 0. The molecule has 0 rings (SSSR count). The molecule has 0 unspecified atom stereocenters. The Bertz CT molecular complexity index is 406. The van der Waals surface area contributed by atoms with Crippen molar-refractivity contribution < 1.29 is 0 Å². The second kappa shape index (κ2) is 100. The van der Waals surface area contributed by atoms with Gasteiger partial charge in [-0.05, 0) is 35.5 Å². The van der Waals surface area contributed by atoms with Crippen molar-refractivity contribution in [2.75, 3.05) is 0 Å². The predicted molar refractivity (Wildman–Crippen MR) is 316 cm³/mol. The summed E-state index contributed by atoms with van der Waals surface area (Å²) in [5, 5.41) is 0. The maximum atomic E-state index is 2.27. The number of hydrogen-bond donors (Lipinski definition) is 0. The van der Waals surface area contributed by atoms with E-state index < -0.39 is 0 Å². The summed E-state index contributed by atoms with van der Waals surface area (Å²) in [5.41, 5.74) is 1.65. The summed E-state index contributed by atoms with van der Waals surface area (Å²) < 4.78 is 0. The Morgan fingerprint density at radius 2 is 0.270 bits per heavy atom. The van der Waals surface area contributed by atoms with Gasteiger partial charge in [0.2, 0.25) is 0 Å². The first-order valence-electron chi connectivity index (χ1n) is 29.7. The van der Waals surface area contributed by atoms with Crippen LogP contribution in [0.25, 0.3) is 0 Å². The van der Waals surface area contributed by atoms with Gasteiger partial charge >= 0.3 is 0 Å². The maximum absolute atomic E-state index is 2.27. The van der Waals surface area contributed by atoms with E-state index in [1.165, 1.54) is 193 Å². The summed E-state index contributed by atoms with van der Waals surface area (Å²) in [7, 11) is 0. The third-order valence-corrected chi connectivity index (χ3v) is 8.83. The first-order chi connectivity index (χ1) is 29.7. The van der Waals surface area contributed by atoms with Crippen LogP contribution in [0.5, 0.6) is 0 Å². The van der Waals surface area contributed by atoms with Crippen LogP contribution in [0, 0.1) is 16.2 Å². The number of hydrogen-bond acceptors (Lipinski definition) is 0. The third kappa shape index (κ3) is 248. The lowest BCUT2D eigenvalue weighted by molar-refractivity contribution is 0.373. The largest absolute Gasteiger partial charge is 0.0683 e. The van der Waals surface area contributed by atoms with Crippen molar-refractivity contribution in [3.8, 4) is 0 Å². The summed E-state index contributed by atoms with van der Waals surface area (Å²) in [6, 6.07) is 0. The summed E-state index contributed by atoms with van der Waals surface area (Å²) in [5.74, 6) is 0. The lowest BCUT2D eigenvalue weighted by Gasteiger charge is -2.15. The van der Waals surface area contributed by atoms with E-state index in [4.69, 9.17) is 0 Å². The van der Waals surface area contributed by atoms with Crippen molar-refractivity contribution in [1.29, 1.82) is 0 Å². The van der Waals surface area contributed by atoms with Gasteiger partial charge in [0, 0.05) is 0 Å². The zero-order chi connectivity index (χ0) is 52.7. The van der Waals surface area contributed by atoms with Crippen molar-refractivity contribution in [3.63, 3.8) is 0 Å². The molecule has 0 saturated carbocycles. The molecule has 0 aliphatic carbocycles. The van der Waals surface area contributed by atoms with Crippen LogP contribution < -0.4 is 0 Å². The monoisotopic (exact) mass is 907 g/mol. The minimum absolute atomic E-state index is 0.550. The second-order valence-electron chi connectivity index (χ2n) is 20.2. The zero-order valence-corrected chi connectivity index (χ0v) is 52.7. The molecule has 0 fully saturated rings. The molecule has 0 nitrogen and oxygen atoms in total. The molecule has 0 radical (unpaired) electrons. The molecule has 0 aromatic rings. The van der Waals surface area contributed by atoms with Crippen LogP contribution in [0.3, 0.4) is 0 Å². The molecule has 0 spiro atoms. The molecule has 63 heavy (non-hydrogen) atoms. The fourth-order valence-corrected chi connectivity index (χ4v) is 4.96. The minimum Gasteiger partial charge on any atom is -0.0683 e. The van der Waals surface area contributed by atoms with Crippen LogP contribution in [-0.2, 0) is 0 Å². The molecule has 0 saturated heterocycles. The Morgan fingerprint density at radius 1 is 0.159 bits per heavy atom. The van der Waals surface area contributed by atoms with E-state index >= 15 is 0 Å². The SMILES string of the molecule is CC.CC.CC.CCCC.CCCC.CCCC(C)(C)C.CCCC(C)(C)C.CCCC(C)(C)C.CCCCCCC.CCCCCCC.CCCCCCC.CCCCCCC. The molecular formula is C63H150. The molecular weight excluding hydrogens is 757 g/mol. The standard InChI is InChI=1S/7C7H16.2C4H10.3C2H6/c3*1-5-6-7(2,3)4;4*1-3-5-7-6-4-2;2*1-3-4-2;3*1-2/h3*5-6H2,1-4H3;4*3-7H2,1-2H3;2*3-4H2,1-2H3;3*1-2H3. The fourth-order valence-electron chi connectivity index (χ4n) is 4.96. The fraction of sp³-hybridized carbons (Fsp3) is 1.00. The van der Waals surface area contributed by atoms with E-state index in [0.29, 0.717) is 16.2 Å². The third-order valence-electron chi connectivity index (χ3n) is 8.83. The molecule has 0 aliphatic heterocycles. The highest BCUT2D eigenvalue weighted by Crippen LogP contribution is 2.20. The first-order valence-corrected chi connectivity index (χ1v) is 29.7. The lowest BCUT2D eigenvalue weighted by Crippen LogP contribution is -2.02. The van der Waals surface area contributed by atoms with Gasteiger partial charge in [-0.1, -0.05) is 381 Å². The summed E-state index contributed by atoms with van der Waals surface area (Å²) in [6.45, 7) is 65.8. The molecule has 0 aromatic heterocycles. The van der Waals surface area contributed by atoms with Crippen LogP contribution in [0.4, 0.5) is 0 Å². The van der Waals surface area contributed by atoms with Gasteiger partial charge in [-0.25, -0.2) is 0 Å². The quantitative estimate of drug-likeness (QED) is 0.101. The smallest absolute Gasteiger partial charge is 0.0383 e. The zero-order valence-electron chi connectivity index (χ0n) is 52.7. The molecule has 402 valence electrons. The van der Waals surface area contributed by atoms with Crippen LogP contribution in [0.2, 0.25) is 0 Å². The molecule has 0 N–H and O–H groups in total. The van der Waals surface area contributed by atoms with Crippen molar-refractivity contribution in [2.24, 2.45) is 16.2 Å². The van der Waals surface area contributed by atoms with Gasteiger partial charge in [-0.3, -0.25) is 0 Å². The van der Waals surface area contributed by atoms with Crippen LogP contribution in [0.1, 0.15) is 400 Å². The average molecular weight is 908 g/mol. The van der Waals surface area contributed by atoms with Crippen LogP contribution >= 0.6 is 0 Å². The lowest BCUT2D eigenvalue weighted by atomic mass is 9.91. The van der Waals surface area contributed by atoms with Crippen molar-refractivity contribution in [3.05, 3.63) is 0 Å². The van der Waals surface area contributed by atoms with Gasteiger partial charge in [0.05, 0.1) is 0 Å². The van der Waals surface area contributed by atoms with E-state index in [0.717, 1.165) is 0 Å². The van der Waals surface area contributed by atoms with Crippen molar-refractivity contribution in [2.45, 2.75) is 400 Å². The predicted octanol–water partition coefficient (Wildman–Crippen LogP) is 27.1. The van der Waals surface area contributed by atoms with E-state index in [2.05, 4.69) is 166 Å². The first kappa shape index (κ1) is 93.1. The Morgan fingerprint density at radius 3 is 0.302 bits per heavy atom. The van der Waals surface area contributed by atoms with Crippen molar-refractivity contribution in [1.82, 2.24) is 0 Å². The van der Waals surface area contributed by atoms with Gasteiger partial charge in [-0.15, -0.1) is 0 Å². The number of rotatable bonds is 21. The molecule has 0 atom stereocenters. The van der Waals surface area contributed by atoms with E-state index in [1.54, 1.807) is 0 Å². The Balaban J connectivity index is -0.0000000459. The topological polar surface area (TPSA) is 0 Å². The van der Waals surface area contributed by atoms with Crippen LogP contribution in [-0.4, -0.2) is 0 Å². The van der Waals surface area contributed by atoms with E-state index in [9.17, 15) is 0 Å². The number of unbranched alkanes of at least 4 members (excludes halogenated alkanes) is 18. The summed E-state index contributed by atoms with van der Waals surface area (Å²) >= 11 is 0. The van der Waals surface area contributed by atoms with Gasteiger partial charge in [-0.2, -0.15) is 0 Å². The molecule has 0 heterocycles. The maximum Gasteiger partial charge on any atom is -0.0383 e. The average Bonchev–Trinajstić information content (AvgIpc) is 3.24. The van der Waals surface area contributed by atoms with Crippen LogP contribution in [0.15, 0.2) is 0 Å². The van der Waals surface area contributed by atoms with E-state index in [1.807, 2.05) is 41.5 Å². The Hall–Kier alpha value is 0. The van der Waals surface area contributed by atoms with Gasteiger partial charge in [0.1, 0.15) is 0 Å². The highest BCUT2D eigenvalue weighted by atomic mass is 14.1. The molecule has 0 amide bonds. The molecule has 0 bridgehead atoms. The van der Waals surface area contributed by atoms with Gasteiger partial charge < -0.3 is 0 Å². The van der Waals surface area contributed by atoms with Gasteiger partial charge in [0.25, 0.3) is 0 Å². The second-order valence-corrected chi connectivity index (χ2v) is 20.2. The van der Waals surface area contributed by atoms with Crippen molar-refractivity contribution >= 4 is 0 Å². The Labute approximate surface area is 414 Å². The molecule has 0 heteroatoms. The molecule has 0 aromatic carbocycles. The van der Waals surface area contributed by atoms with Gasteiger partial charge in [0.15, 0.2) is 0 Å². The normalized spacial score (nSPS) is 9.43. The van der Waals surface area contributed by atoms with E-state index in [-0.39, 0.29) is 0 Å². The molecule has 0 aliphatic rings.